The minimum absolute atomic E-state index is 0.102. The van der Waals surface area contributed by atoms with Crippen molar-refractivity contribution in [1.29, 1.82) is 0 Å². The SMILES string of the molecule is NC(Cc1ccc(-c2ccccc2)cc1)(C(=O)O)C(=O)c1ccccc1Cl. The van der Waals surface area contributed by atoms with Crippen LogP contribution in [0.1, 0.15) is 15.9 Å². The second-order valence-corrected chi connectivity index (χ2v) is 6.73. The lowest BCUT2D eigenvalue weighted by Crippen LogP contribution is -2.56. The van der Waals surface area contributed by atoms with Crippen LogP contribution in [-0.4, -0.2) is 22.4 Å². The van der Waals surface area contributed by atoms with Crippen molar-refractivity contribution in [2.24, 2.45) is 5.73 Å². The fraction of sp³-hybridized carbons (Fsp3) is 0.0909. The van der Waals surface area contributed by atoms with Crippen LogP contribution in [-0.2, 0) is 11.2 Å². The molecule has 1 unspecified atom stereocenters. The number of carboxylic acid groups (broad SMARTS) is 1. The molecule has 0 bridgehead atoms. The highest BCUT2D eigenvalue weighted by Gasteiger charge is 2.43. The summed E-state index contributed by atoms with van der Waals surface area (Å²) in [5.41, 5.74) is 6.76. The molecule has 0 aliphatic heterocycles. The number of hydrogen-bond acceptors (Lipinski definition) is 3. The Labute approximate surface area is 162 Å². The van der Waals surface area contributed by atoms with Crippen molar-refractivity contribution in [1.82, 2.24) is 0 Å². The van der Waals surface area contributed by atoms with E-state index in [1.807, 2.05) is 42.5 Å². The van der Waals surface area contributed by atoms with E-state index in [1.54, 1.807) is 24.3 Å². The molecule has 0 spiro atoms. The van der Waals surface area contributed by atoms with E-state index in [4.69, 9.17) is 17.3 Å². The molecular formula is C22H18ClNO3. The van der Waals surface area contributed by atoms with E-state index >= 15 is 0 Å². The highest BCUT2D eigenvalue weighted by Crippen LogP contribution is 2.25. The van der Waals surface area contributed by atoms with Crippen LogP contribution < -0.4 is 5.73 Å². The fourth-order valence-electron chi connectivity index (χ4n) is 2.91. The van der Waals surface area contributed by atoms with Crippen LogP contribution in [0.2, 0.25) is 5.02 Å². The van der Waals surface area contributed by atoms with E-state index in [1.165, 1.54) is 12.1 Å². The van der Waals surface area contributed by atoms with Crippen LogP contribution in [0.5, 0.6) is 0 Å². The first-order valence-electron chi connectivity index (χ1n) is 8.38. The maximum absolute atomic E-state index is 12.8. The third kappa shape index (κ3) is 3.92. The predicted octanol–water partition coefficient (Wildman–Crippen LogP) is 4.21. The summed E-state index contributed by atoms with van der Waals surface area (Å²) in [5, 5.41) is 9.84. The Morgan fingerprint density at radius 2 is 1.41 bits per heavy atom. The Bertz CT molecular complexity index is 970. The van der Waals surface area contributed by atoms with Crippen molar-refractivity contribution in [3.05, 3.63) is 95.0 Å². The molecule has 0 aliphatic rings. The average molecular weight is 380 g/mol. The number of aliphatic carboxylic acids is 1. The summed E-state index contributed by atoms with van der Waals surface area (Å²) in [6.07, 6.45) is -0.137. The number of carbonyl (C=O) groups excluding carboxylic acids is 1. The van der Waals surface area contributed by atoms with Crippen LogP contribution in [0.25, 0.3) is 11.1 Å². The van der Waals surface area contributed by atoms with Crippen molar-refractivity contribution >= 4 is 23.4 Å². The molecular weight excluding hydrogens is 362 g/mol. The Hall–Kier alpha value is -2.95. The molecule has 3 aromatic carbocycles. The molecule has 3 N–H and O–H groups in total. The summed E-state index contributed by atoms with van der Waals surface area (Å²) in [6, 6.07) is 23.4. The van der Waals surface area contributed by atoms with Crippen molar-refractivity contribution in [2.75, 3.05) is 0 Å². The molecule has 0 saturated carbocycles. The molecule has 0 amide bonds. The molecule has 0 aromatic heterocycles. The van der Waals surface area contributed by atoms with Crippen molar-refractivity contribution in [3.8, 4) is 11.1 Å². The molecule has 0 radical (unpaired) electrons. The van der Waals surface area contributed by atoms with Gasteiger partial charge in [0.25, 0.3) is 0 Å². The van der Waals surface area contributed by atoms with Gasteiger partial charge in [-0.1, -0.05) is 78.3 Å². The van der Waals surface area contributed by atoms with Gasteiger partial charge in [-0.3, -0.25) is 4.79 Å². The molecule has 5 heteroatoms. The number of carboxylic acids is 1. The Balaban J connectivity index is 1.89. The molecule has 4 nitrogen and oxygen atoms in total. The fourth-order valence-corrected chi connectivity index (χ4v) is 3.13. The number of halogens is 1. The maximum atomic E-state index is 12.8. The van der Waals surface area contributed by atoms with E-state index in [0.29, 0.717) is 5.56 Å². The molecule has 27 heavy (non-hydrogen) atoms. The number of hydrogen-bond donors (Lipinski definition) is 2. The zero-order chi connectivity index (χ0) is 19.4. The number of ketones is 1. The first-order valence-corrected chi connectivity index (χ1v) is 8.75. The van der Waals surface area contributed by atoms with Gasteiger partial charge in [0.2, 0.25) is 0 Å². The Morgan fingerprint density at radius 1 is 0.852 bits per heavy atom. The van der Waals surface area contributed by atoms with E-state index in [2.05, 4.69) is 0 Å². The van der Waals surface area contributed by atoms with Gasteiger partial charge in [-0.2, -0.15) is 0 Å². The second-order valence-electron chi connectivity index (χ2n) is 6.33. The number of benzene rings is 3. The average Bonchev–Trinajstić information content (AvgIpc) is 2.69. The van der Waals surface area contributed by atoms with Gasteiger partial charge < -0.3 is 10.8 Å². The molecule has 0 aliphatic carbocycles. The van der Waals surface area contributed by atoms with Gasteiger partial charge in [0.1, 0.15) is 0 Å². The summed E-state index contributed by atoms with van der Waals surface area (Å²) in [4.78, 5) is 24.7. The molecule has 0 fully saturated rings. The summed E-state index contributed by atoms with van der Waals surface area (Å²) >= 11 is 6.05. The summed E-state index contributed by atoms with van der Waals surface area (Å²) in [6.45, 7) is 0. The third-order valence-corrected chi connectivity index (χ3v) is 4.78. The van der Waals surface area contributed by atoms with Crippen LogP contribution >= 0.6 is 11.6 Å². The lowest BCUT2D eigenvalue weighted by molar-refractivity contribution is -0.141. The topological polar surface area (TPSA) is 80.4 Å². The first kappa shape index (κ1) is 18.8. The molecule has 3 rings (SSSR count). The van der Waals surface area contributed by atoms with Gasteiger partial charge in [-0.15, -0.1) is 0 Å². The van der Waals surface area contributed by atoms with E-state index < -0.39 is 17.3 Å². The van der Waals surface area contributed by atoms with Crippen LogP contribution in [0.15, 0.2) is 78.9 Å². The molecule has 3 aromatic rings. The standard InChI is InChI=1S/C22H18ClNO3/c23-19-9-5-4-8-18(19)20(25)22(24,21(26)27)14-15-10-12-17(13-11-15)16-6-2-1-3-7-16/h1-13H,14,24H2,(H,26,27). The predicted molar refractivity (Wildman–Crippen MR) is 106 cm³/mol. The van der Waals surface area contributed by atoms with Crippen LogP contribution in [0.4, 0.5) is 0 Å². The lowest BCUT2D eigenvalue weighted by Gasteiger charge is -2.24. The largest absolute Gasteiger partial charge is 0.480 e. The monoisotopic (exact) mass is 379 g/mol. The van der Waals surface area contributed by atoms with E-state index in [0.717, 1.165) is 11.1 Å². The maximum Gasteiger partial charge on any atom is 0.332 e. The van der Waals surface area contributed by atoms with E-state index in [-0.39, 0.29) is 17.0 Å². The zero-order valence-corrected chi connectivity index (χ0v) is 15.2. The quantitative estimate of drug-likeness (QED) is 0.496. The minimum atomic E-state index is -2.10. The number of rotatable bonds is 6. The lowest BCUT2D eigenvalue weighted by atomic mass is 9.84. The molecule has 0 saturated heterocycles. The summed E-state index contributed by atoms with van der Waals surface area (Å²) in [5.74, 6) is -2.10. The summed E-state index contributed by atoms with van der Waals surface area (Å²) in [7, 11) is 0. The highest BCUT2D eigenvalue weighted by atomic mass is 35.5. The number of nitrogens with two attached hydrogens (primary N) is 1. The zero-order valence-electron chi connectivity index (χ0n) is 14.4. The second kappa shape index (κ2) is 7.74. The van der Waals surface area contributed by atoms with Crippen molar-refractivity contribution in [3.63, 3.8) is 0 Å². The molecule has 1 atom stereocenters. The van der Waals surface area contributed by atoms with Gasteiger partial charge in [-0.05, 0) is 28.8 Å². The summed E-state index contributed by atoms with van der Waals surface area (Å²) < 4.78 is 0. The van der Waals surface area contributed by atoms with Gasteiger partial charge in [-0.25, -0.2) is 4.79 Å². The van der Waals surface area contributed by atoms with Crippen molar-refractivity contribution < 1.29 is 14.7 Å². The minimum Gasteiger partial charge on any atom is -0.480 e. The Morgan fingerprint density at radius 3 is 2.00 bits per heavy atom. The van der Waals surface area contributed by atoms with Crippen LogP contribution in [0.3, 0.4) is 0 Å². The van der Waals surface area contributed by atoms with Gasteiger partial charge in [0.05, 0.1) is 5.02 Å². The van der Waals surface area contributed by atoms with Crippen molar-refractivity contribution in [2.45, 2.75) is 12.0 Å². The van der Waals surface area contributed by atoms with Gasteiger partial charge in [0, 0.05) is 12.0 Å². The Kier molecular flexibility index (Phi) is 5.40. The number of carbonyl (C=O) groups is 2. The van der Waals surface area contributed by atoms with Gasteiger partial charge >= 0.3 is 5.97 Å². The third-order valence-electron chi connectivity index (χ3n) is 4.45. The smallest absolute Gasteiger partial charge is 0.332 e. The number of Topliss-reactive ketones (excluding diaryl/α,β-unsaturated/α-hetero) is 1. The highest BCUT2D eigenvalue weighted by molar-refractivity contribution is 6.35. The van der Waals surface area contributed by atoms with Crippen LogP contribution in [0, 0.1) is 0 Å². The van der Waals surface area contributed by atoms with E-state index in [9.17, 15) is 14.7 Å². The molecule has 0 heterocycles. The first-order chi connectivity index (χ1) is 12.9. The van der Waals surface area contributed by atoms with Gasteiger partial charge in [0.15, 0.2) is 11.3 Å². The molecule has 136 valence electrons. The normalized spacial score (nSPS) is 13.0.